The summed E-state index contributed by atoms with van der Waals surface area (Å²) < 4.78 is 5.41. The molecule has 0 bridgehead atoms. The largest absolute Gasteiger partial charge is 0.480 e. The van der Waals surface area contributed by atoms with Crippen molar-refractivity contribution in [2.45, 2.75) is 12.5 Å². The molecule has 0 radical (unpaired) electrons. The highest BCUT2D eigenvalue weighted by atomic mass is 16.4. The number of aliphatic carboxylic acids is 1. The number of hydrogen-bond acceptors (Lipinski definition) is 4. The number of nitrogens with one attached hydrogen (secondary N) is 1. The molecule has 0 saturated carbocycles. The number of aromatic nitrogens is 1. The Hall–Kier alpha value is -2.89. The lowest BCUT2D eigenvalue weighted by Gasteiger charge is -2.10. The van der Waals surface area contributed by atoms with Crippen LogP contribution in [-0.2, 0) is 9.59 Å². The number of hydrogen-bond donors (Lipinski definition) is 2. The number of benzene rings is 1. The second-order valence-corrected chi connectivity index (χ2v) is 4.28. The van der Waals surface area contributed by atoms with Crippen molar-refractivity contribution in [3.8, 4) is 0 Å². The van der Waals surface area contributed by atoms with E-state index in [-0.39, 0.29) is 12.3 Å². The number of oxazole rings is 1. The standard InChI is InChI=1S/C15H14N2O4/c1-2-5-11(15(19)20)16-13(18)8-9-14-17-10-6-3-4-7-12(10)21-14/h2-4,6-9,11H,1,5H2,(H,16,18)(H,19,20)/b9-8+. The van der Waals surface area contributed by atoms with E-state index in [4.69, 9.17) is 9.52 Å². The van der Waals surface area contributed by atoms with Crippen LogP contribution in [0.4, 0.5) is 0 Å². The van der Waals surface area contributed by atoms with Crippen LogP contribution in [0.25, 0.3) is 17.2 Å². The van der Waals surface area contributed by atoms with Gasteiger partial charge in [0.25, 0.3) is 0 Å². The molecule has 1 unspecified atom stereocenters. The van der Waals surface area contributed by atoms with Crippen molar-refractivity contribution in [1.29, 1.82) is 0 Å². The average Bonchev–Trinajstić information content (AvgIpc) is 2.87. The zero-order valence-electron chi connectivity index (χ0n) is 11.2. The van der Waals surface area contributed by atoms with Crippen LogP contribution < -0.4 is 5.32 Å². The Kier molecular flexibility index (Phi) is 4.50. The number of rotatable bonds is 6. The maximum Gasteiger partial charge on any atom is 0.326 e. The van der Waals surface area contributed by atoms with Gasteiger partial charge in [-0.3, -0.25) is 4.79 Å². The molecule has 1 aromatic carbocycles. The summed E-state index contributed by atoms with van der Waals surface area (Å²) in [7, 11) is 0. The van der Waals surface area contributed by atoms with Gasteiger partial charge in [-0.05, 0) is 18.6 Å². The predicted molar refractivity (Wildman–Crippen MR) is 77.4 cm³/mol. The normalized spacial score (nSPS) is 12.4. The second kappa shape index (κ2) is 6.51. The summed E-state index contributed by atoms with van der Waals surface area (Å²) >= 11 is 0. The minimum Gasteiger partial charge on any atom is -0.480 e. The highest BCUT2D eigenvalue weighted by molar-refractivity contribution is 5.94. The molecule has 108 valence electrons. The van der Waals surface area contributed by atoms with Gasteiger partial charge in [0.1, 0.15) is 11.6 Å². The van der Waals surface area contributed by atoms with Gasteiger partial charge in [0.15, 0.2) is 5.58 Å². The van der Waals surface area contributed by atoms with E-state index in [1.165, 1.54) is 18.2 Å². The number of fused-ring (bicyclic) bond motifs is 1. The maximum absolute atomic E-state index is 11.7. The molecule has 0 saturated heterocycles. The molecule has 1 heterocycles. The maximum atomic E-state index is 11.7. The Bertz CT molecular complexity index is 670. The van der Waals surface area contributed by atoms with E-state index in [1.54, 1.807) is 12.1 Å². The summed E-state index contributed by atoms with van der Waals surface area (Å²) in [4.78, 5) is 26.7. The van der Waals surface area contributed by atoms with Gasteiger partial charge >= 0.3 is 5.97 Å². The highest BCUT2D eigenvalue weighted by Crippen LogP contribution is 2.15. The van der Waals surface area contributed by atoms with Crippen molar-refractivity contribution in [2.75, 3.05) is 0 Å². The van der Waals surface area contributed by atoms with E-state index in [0.29, 0.717) is 11.1 Å². The number of para-hydroxylation sites is 2. The molecule has 2 rings (SSSR count). The fourth-order valence-corrected chi connectivity index (χ4v) is 1.72. The Morgan fingerprint density at radius 1 is 1.43 bits per heavy atom. The van der Waals surface area contributed by atoms with E-state index in [2.05, 4.69) is 16.9 Å². The van der Waals surface area contributed by atoms with Crippen molar-refractivity contribution >= 4 is 29.1 Å². The molecular formula is C15H14N2O4. The van der Waals surface area contributed by atoms with Crippen LogP contribution in [0.15, 0.2) is 47.4 Å². The summed E-state index contributed by atoms with van der Waals surface area (Å²) in [5.74, 6) is -1.37. The Labute approximate surface area is 120 Å². The van der Waals surface area contributed by atoms with Crippen molar-refractivity contribution in [2.24, 2.45) is 0 Å². The van der Waals surface area contributed by atoms with Gasteiger partial charge in [-0.1, -0.05) is 18.2 Å². The molecule has 0 aliphatic heterocycles. The molecular weight excluding hydrogens is 272 g/mol. The lowest BCUT2D eigenvalue weighted by molar-refractivity contribution is -0.141. The number of carbonyl (C=O) groups is 2. The predicted octanol–water partition coefficient (Wildman–Crippen LogP) is 1.99. The molecule has 2 aromatic rings. The molecule has 0 fully saturated rings. The Morgan fingerprint density at radius 2 is 2.19 bits per heavy atom. The number of nitrogens with zero attached hydrogens (tertiary/aromatic N) is 1. The van der Waals surface area contributed by atoms with E-state index in [0.717, 1.165) is 0 Å². The van der Waals surface area contributed by atoms with Gasteiger partial charge in [-0.15, -0.1) is 6.58 Å². The molecule has 1 amide bonds. The number of carboxylic acid groups (broad SMARTS) is 1. The van der Waals surface area contributed by atoms with Crippen LogP contribution in [0.1, 0.15) is 12.3 Å². The van der Waals surface area contributed by atoms with Crippen LogP contribution in [-0.4, -0.2) is 28.0 Å². The second-order valence-electron chi connectivity index (χ2n) is 4.28. The molecule has 0 aliphatic rings. The van der Waals surface area contributed by atoms with Crippen molar-refractivity contribution < 1.29 is 19.1 Å². The Balaban J connectivity index is 2.04. The molecule has 6 nitrogen and oxygen atoms in total. The quantitative estimate of drug-likeness (QED) is 0.625. The highest BCUT2D eigenvalue weighted by Gasteiger charge is 2.16. The average molecular weight is 286 g/mol. The van der Waals surface area contributed by atoms with Crippen molar-refractivity contribution in [3.05, 3.63) is 48.9 Å². The first-order valence-electron chi connectivity index (χ1n) is 6.28. The van der Waals surface area contributed by atoms with Gasteiger partial charge in [0, 0.05) is 12.2 Å². The monoisotopic (exact) mass is 286 g/mol. The SMILES string of the molecule is C=CCC(NC(=O)/C=C/c1nc2ccccc2o1)C(=O)O. The van der Waals surface area contributed by atoms with E-state index in [9.17, 15) is 9.59 Å². The molecule has 0 spiro atoms. The molecule has 6 heteroatoms. The third kappa shape index (κ3) is 3.79. The zero-order valence-corrected chi connectivity index (χ0v) is 11.2. The van der Waals surface area contributed by atoms with Crippen LogP contribution >= 0.6 is 0 Å². The van der Waals surface area contributed by atoms with E-state index < -0.39 is 17.9 Å². The third-order valence-electron chi connectivity index (χ3n) is 2.70. The molecule has 0 aliphatic carbocycles. The van der Waals surface area contributed by atoms with E-state index in [1.807, 2.05) is 12.1 Å². The lowest BCUT2D eigenvalue weighted by Crippen LogP contribution is -2.39. The van der Waals surface area contributed by atoms with Crippen molar-refractivity contribution in [1.82, 2.24) is 10.3 Å². The van der Waals surface area contributed by atoms with Crippen molar-refractivity contribution in [3.63, 3.8) is 0 Å². The number of amides is 1. The summed E-state index contributed by atoms with van der Waals surface area (Å²) in [6, 6.07) is 6.21. The van der Waals surface area contributed by atoms with Crippen LogP contribution in [0.5, 0.6) is 0 Å². The molecule has 1 atom stereocenters. The van der Waals surface area contributed by atoms with Crippen LogP contribution in [0.3, 0.4) is 0 Å². The van der Waals surface area contributed by atoms with E-state index >= 15 is 0 Å². The minimum atomic E-state index is -1.11. The molecule has 21 heavy (non-hydrogen) atoms. The summed E-state index contributed by atoms with van der Waals surface area (Å²) in [5.41, 5.74) is 1.31. The number of carboxylic acids is 1. The first-order valence-corrected chi connectivity index (χ1v) is 6.28. The van der Waals surface area contributed by atoms with Gasteiger partial charge in [0.2, 0.25) is 11.8 Å². The van der Waals surface area contributed by atoms with Gasteiger partial charge in [-0.25, -0.2) is 9.78 Å². The van der Waals surface area contributed by atoms with Gasteiger partial charge < -0.3 is 14.8 Å². The molecule has 1 aromatic heterocycles. The first-order chi connectivity index (χ1) is 10.1. The Morgan fingerprint density at radius 3 is 2.86 bits per heavy atom. The fraction of sp³-hybridized carbons (Fsp3) is 0.133. The van der Waals surface area contributed by atoms with Gasteiger partial charge in [0.05, 0.1) is 0 Å². The number of carbonyl (C=O) groups excluding carboxylic acids is 1. The fourth-order valence-electron chi connectivity index (χ4n) is 1.72. The summed E-state index contributed by atoms with van der Waals surface area (Å²) in [6.45, 7) is 3.45. The lowest BCUT2D eigenvalue weighted by atomic mass is 10.2. The molecule has 2 N–H and O–H groups in total. The zero-order chi connectivity index (χ0) is 15.2. The van der Waals surface area contributed by atoms with Gasteiger partial charge in [-0.2, -0.15) is 0 Å². The first kappa shape index (κ1) is 14.5. The summed E-state index contributed by atoms with van der Waals surface area (Å²) in [6.07, 6.45) is 4.16. The third-order valence-corrected chi connectivity index (χ3v) is 2.70. The smallest absolute Gasteiger partial charge is 0.326 e. The summed E-state index contributed by atoms with van der Waals surface area (Å²) in [5, 5.41) is 11.3. The minimum absolute atomic E-state index is 0.151. The van der Waals surface area contributed by atoms with Crippen LogP contribution in [0, 0.1) is 0 Å². The van der Waals surface area contributed by atoms with Crippen LogP contribution in [0.2, 0.25) is 0 Å². The topological polar surface area (TPSA) is 92.4 Å².